The molecule has 8 aromatic carbocycles. The fraction of sp³-hybridized carbons (Fsp3) is 0.143. The van der Waals surface area contributed by atoms with E-state index in [9.17, 15) is 0 Å². The van der Waals surface area contributed by atoms with Gasteiger partial charge in [0.25, 0.3) is 0 Å². The molecule has 6 nitrogen and oxygen atoms in total. The zero-order valence-corrected chi connectivity index (χ0v) is 41.4. The molecule has 0 bridgehead atoms. The summed E-state index contributed by atoms with van der Waals surface area (Å²) in [5, 5.41) is 1.75. The van der Waals surface area contributed by atoms with Gasteiger partial charge in [0.2, 0.25) is 0 Å². The summed E-state index contributed by atoms with van der Waals surface area (Å²) in [6.07, 6.45) is 4.99. The number of rotatable bonds is 8. The van der Waals surface area contributed by atoms with Gasteiger partial charge in [-0.3, -0.25) is 0 Å². The molecule has 0 atom stereocenters. The zero-order valence-electron chi connectivity index (χ0n) is 44.1. The van der Waals surface area contributed by atoms with Crippen LogP contribution in [0.25, 0.3) is 83.4 Å². The Hall–Kier alpha value is -7.53. The zero-order chi connectivity index (χ0) is 51.4. The predicted molar refractivity (Wildman–Crippen MR) is 284 cm³/mol. The summed E-state index contributed by atoms with van der Waals surface area (Å²) in [6.45, 7) is 8.66. The minimum absolute atomic E-state index is 0.139. The quantitative estimate of drug-likeness (QED) is 0.152. The number of imidazole rings is 1. The third kappa shape index (κ3) is 7.03. The van der Waals surface area contributed by atoms with Crippen LogP contribution in [0, 0.1) is 3.80 Å². The van der Waals surface area contributed by atoms with Crippen molar-refractivity contribution >= 4 is 38.5 Å². The molecule has 7 heteroatoms. The molecule has 5 heterocycles. The third-order valence-electron chi connectivity index (χ3n) is 14.2. The van der Waals surface area contributed by atoms with Gasteiger partial charge in [-0.05, 0) is 28.2 Å². The molecule has 13 rings (SSSR count). The Kier molecular flexibility index (Phi) is 9.00. The summed E-state index contributed by atoms with van der Waals surface area (Å²) < 4.78 is 57.5. The van der Waals surface area contributed by atoms with Crippen molar-refractivity contribution in [1.82, 2.24) is 18.7 Å². The number of aromatic nitrogens is 4. The Bertz CT molecular complexity index is 4190. The van der Waals surface area contributed by atoms with E-state index in [1.54, 1.807) is 0 Å². The van der Waals surface area contributed by atoms with Crippen molar-refractivity contribution < 1.29 is 30.9 Å². The molecule has 0 unspecified atom stereocenters. The van der Waals surface area contributed by atoms with Gasteiger partial charge in [-0.15, -0.1) is 0 Å². The second-order valence-electron chi connectivity index (χ2n) is 19.4. The van der Waals surface area contributed by atoms with E-state index in [0.717, 1.165) is 86.1 Å². The number of nitrogens with zero attached hydrogens (tertiary/aromatic N) is 5. The molecule has 0 radical (unpaired) electrons. The number of fused-ring (bicyclic) bond motifs is 4. The van der Waals surface area contributed by atoms with Crippen LogP contribution in [0.1, 0.15) is 50.7 Å². The molecular weight excluding hydrogens is 1040 g/mol. The van der Waals surface area contributed by atoms with Crippen molar-refractivity contribution in [3.8, 4) is 62.1 Å². The molecule has 0 aliphatic carbocycles. The third-order valence-corrected chi connectivity index (χ3v) is 15.2. The van der Waals surface area contributed by atoms with E-state index < -0.39 is 6.04 Å². The predicted octanol–water partition coefficient (Wildman–Crippen LogP) is 15.4. The molecule has 2 aliphatic rings. The Morgan fingerprint density at radius 3 is 1.99 bits per heavy atom. The monoisotopic (exact) mass is 1090 g/mol. The fourth-order valence-corrected chi connectivity index (χ4v) is 12.1. The summed E-state index contributed by atoms with van der Waals surface area (Å²) in [5.74, 6) is 2.03. The maximum absolute atomic E-state index is 8.78. The Morgan fingerprint density at radius 1 is 0.543 bits per heavy atom. The normalized spacial score (nSPS) is 14.4. The molecule has 11 aromatic rings. The first-order valence-corrected chi connectivity index (χ1v) is 25.2. The van der Waals surface area contributed by atoms with Crippen LogP contribution >= 0.6 is 0 Å². The van der Waals surface area contributed by atoms with Crippen LogP contribution in [0.15, 0.2) is 194 Å². The first-order valence-electron chi connectivity index (χ1n) is 26.5. The molecule has 0 fully saturated rings. The molecule has 0 N–H and O–H groups in total. The minimum Gasteiger partial charge on any atom is -0.0617 e. The summed E-state index contributed by atoms with van der Waals surface area (Å²) in [5.41, 5.74) is 17.1. The number of para-hydroxylation sites is 2. The molecule has 0 saturated carbocycles. The second kappa shape index (κ2) is 16.9. The van der Waals surface area contributed by atoms with Gasteiger partial charge >= 0.3 is 330 Å². The number of ether oxygens (including phenoxy) is 1. The van der Waals surface area contributed by atoms with Gasteiger partial charge in [0.15, 0.2) is 0 Å². The van der Waals surface area contributed by atoms with E-state index in [1.165, 1.54) is 44.8 Å². The van der Waals surface area contributed by atoms with Crippen molar-refractivity contribution in [2.45, 2.75) is 45.4 Å². The maximum atomic E-state index is 8.78. The van der Waals surface area contributed by atoms with Gasteiger partial charge in [0.1, 0.15) is 0 Å². The molecular formula is C63H51N5OPt. The number of hydrogen-bond acceptors (Lipinski definition) is 3. The molecule has 2 aliphatic heterocycles. The van der Waals surface area contributed by atoms with Crippen LogP contribution < -0.4 is 9.64 Å². The van der Waals surface area contributed by atoms with E-state index >= 15 is 0 Å². The first-order chi connectivity index (χ1) is 36.4. The average molecular weight is 1090 g/mol. The summed E-state index contributed by atoms with van der Waals surface area (Å²) in [7, 11) is 0. The first kappa shape index (κ1) is 37.4. The van der Waals surface area contributed by atoms with Gasteiger partial charge in [-0.25, -0.2) is 0 Å². The number of benzene rings is 8. The van der Waals surface area contributed by atoms with Gasteiger partial charge in [0.05, 0.1) is 6.85 Å². The van der Waals surface area contributed by atoms with Crippen LogP contribution in [0.4, 0.5) is 5.69 Å². The summed E-state index contributed by atoms with van der Waals surface area (Å²) in [6, 6.07) is 53.3. The van der Waals surface area contributed by atoms with E-state index in [4.69, 9.17) is 16.6 Å². The van der Waals surface area contributed by atoms with E-state index in [0.29, 0.717) is 17.1 Å². The fourth-order valence-electron chi connectivity index (χ4n) is 11.0. The molecule has 0 saturated heterocycles. The minimum atomic E-state index is -0.417. The van der Waals surface area contributed by atoms with Crippen LogP contribution in [0.2, 0.25) is 0 Å². The summed E-state index contributed by atoms with van der Waals surface area (Å²) in [4.78, 5) is 7.54. The van der Waals surface area contributed by atoms with Crippen LogP contribution in [0.3, 0.4) is 0 Å². The van der Waals surface area contributed by atoms with Gasteiger partial charge in [-0.2, -0.15) is 0 Å². The molecule has 70 heavy (non-hydrogen) atoms. The second-order valence-corrected chi connectivity index (χ2v) is 20.4. The van der Waals surface area contributed by atoms with E-state index in [-0.39, 0.29) is 35.1 Å². The molecule has 344 valence electrons. The van der Waals surface area contributed by atoms with Gasteiger partial charge in [0, 0.05) is 6.20 Å². The van der Waals surface area contributed by atoms with Crippen molar-refractivity contribution in [3.05, 3.63) is 215 Å². The standard InChI is InChI=1S/C63H51N5O.Pt/c1-63(2,3)46-32-34-64-58(38-46)68-54-31-28-45(42-17-7-4-8-18-42)37-53(54)50-30-29-49(40-57(50)68)69-48-24-15-23-47(39-48)66-41-67(56-27-14-13-26-55(56)66)62-59(43-19-9-5-10-20-43)51-25-16-35-65-36-33-52(61(51)65)60(62)44-21-11-6-12-22-44;/h4-15,17-24,26-32,34,37-40H,16,25,33,35-36H2,1-3H3;/i4D,7D,8D,17D,18D;. The van der Waals surface area contributed by atoms with Crippen molar-refractivity contribution in [1.29, 1.82) is 0 Å². The van der Waals surface area contributed by atoms with E-state index in [2.05, 4.69) is 168 Å². The average Bonchev–Trinajstić information content (AvgIpc) is 4.12. The van der Waals surface area contributed by atoms with Crippen LogP contribution in [-0.4, -0.2) is 31.8 Å². The SMILES string of the molecule is [2H]c1c([2H])c([2H])c(-c2ccc3c(c2)c2ccc(Oc4cccc(-n5[c](=[Pt])n(-c6c(-c7ccccc7)c7c8c(c6-c6ccccc6)CCN8CCC7)c6ccccc65)c4)cc2n3-c2cc(C(C)(C)C)ccn2)c([2H])c1[2H]. The Morgan fingerprint density at radius 2 is 1.24 bits per heavy atom. The smallest absolute Gasteiger partial charge is 0.0617 e. The van der Waals surface area contributed by atoms with Crippen LogP contribution in [0.5, 0.6) is 11.5 Å². The number of hydrogen-bond donors (Lipinski definition) is 0. The van der Waals surface area contributed by atoms with Crippen molar-refractivity contribution in [2.24, 2.45) is 0 Å². The van der Waals surface area contributed by atoms with Gasteiger partial charge < -0.3 is 0 Å². The van der Waals surface area contributed by atoms with Crippen molar-refractivity contribution in [2.75, 3.05) is 18.0 Å². The molecule has 0 amide bonds. The van der Waals surface area contributed by atoms with Crippen LogP contribution in [-0.2, 0) is 37.6 Å². The van der Waals surface area contributed by atoms with Crippen molar-refractivity contribution in [3.63, 3.8) is 0 Å². The van der Waals surface area contributed by atoms with Gasteiger partial charge in [-0.1, -0.05) is 57.0 Å². The summed E-state index contributed by atoms with van der Waals surface area (Å²) >= 11 is 2.54. The Balaban J connectivity index is 0.972. The van der Waals surface area contributed by atoms with E-state index in [1.807, 2.05) is 54.7 Å². The Labute approximate surface area is 426 Å². The number of anilines is 1. The molecule has 3 aromatic heterocycles. The number of pyridine rings is 1. The topological polar surface area (TPSA) is 40.1 Å². The molecule has 0 spiro atoms.